The van der Waals surface area contributed by atoms with Gasteiger partial charge >= 0.3 is 11.9 Å². The first-order valence-corrected chi connectivity index (χ1v) is 6.20. The van der Waals surface area contributed by atoms with Gasteiger partial charge in [0.15, 0.2) is 0 Å². The molecule has 0 heterocycles. The van der Waals surface area contributed by atoms with Crippen molar-refractivity contribution in [3.8, 4) is 0 Å². The standard InChI is InChI=1S/C15H21NO3/c1-10-7-8-12(9-11(10)2)16(6)13(17)14(18)19-15(3,4)5/h7-9H,1-6H3. The Morgan fingerprint density at radius 2 is 1.68 bits per heavy atom. The van der Waals surface area contributed by atoms with E-state index in [2.05, 4.69) is 0 Å². The maximum atomic E-state index is 12.0. The van der Waals surface area contributed by atoms with Crippen LogP contribution in [0.25, 0.3) is 0 Å². The van der Waals surface area contributed by atoms with Gasteiger partial charge in [-0.15, -0.1) is 0 Å². The molecule has 104 valence electrons. The number of aryl methyl sites for hydroxylation is 2. The largest absolute Gasteiger partial charge is 0.453 e. The number of rotatable bonds is 1. The van der Waals surface area contributed by atoms with Crippen LogP contribution in [0, 0.1) is 13.8 Å². The summed E-state index contributed by atoms with van der Waals surface area (Å²) in [5.74, 6) is -1.51. The van der Waals surface area contributed by atoms with Crippen LogP contribution >= 0.6 is 0 Å². The molecule has 0 spiro atoms. The first kappa shape index (κ1) is 15.2. The highest BCUT2D eigenvalue weighted by Crippen LogP contribution is 2.18. The van der Waals surface area contributed by atoms with E-state index in [1.54, 1.807) is 27.8 Å². The lowest BCUT2D eigenvalue weighted by molar-refractivity contribution is -0.162. The molecule has 0 aliphatic carbocycles. The van der Waals surface area contributed by atoms with Gasteiger partial charge in [-0.3, -0.25) is 4.79 Å². The second kappa shape index (κ2) is 5.43. The van der Waals surface area contributed by atoms with Crippen LogP contribution in [0.1, 0.15) is 31.9 Å². The highest BCUT2D eigenvalue weighted by Gasteiger charge is 2.26. The lowest BCUT2D eigenvalue weighted by atomic mass is 10.1. The van der Waals surface area contributed by atoms with E-state index < -0.39 is 17.5 Å². The van der Waals surface area contributed by atoms with Crippen molar-refractivity contribution < 1.29 is 14.3 Å². The molecule has 0 aliphatic rings. The minimum absolute atomic E-state index is 0.668. The van der Waals surface area contributed by atoms with E-state index in [9.17, 15) is 9.59 Å². The molecule has 0 saturated carbocycles. The summed E-state index contributed by atoms with van der Waals surface area (Å²) in [5.41, 5.74) is 2.22. The van der Waals surface area contributed by atoms with Gasteiger partial charge in [0.25, 0.3) is 0 Å². The molecule has 0 aliphatic heterocycles. The van der Waals surface area contributed by atoms with Gasteiger partial charge in [0.05, 0.1) is 0 Å². The molecule has 0 N–H and O–H groups in total. The Hall–Kier alpha value is -1.84. The Morgan fingerprint density at radius 1 is 1.11 bits per heavy atom. The SMILES string of the molecule is Cc1ccc(N(C)C(=O)C(=O)OC(C)(C)C)cc1C. The number of ether oxygens (including phenoxy) is 1. The average molecular weight is 263 g/mol. The van der Waals surface area contributed by atoms with Crippen molar-refractivity contribution >= 4 is 17.6 Å². The molecule has 0 radical (unpaired) electrons. The normalized spacial score (nSPS) is 11.1. The van der Waals surface area contributed by atoms with Gasteiger partial charge < -0.3 is 9.64 Å². The maximum absolute atomic E-state index is 12.0. The van der Waals surface area contributed by atoms with Crippen LogP contribution in [0.15, 0.2) is 18.2 Å². The zero-order valence-electron chi connectivity index (χ0n) is 12.4. The van der Waals surface area contributed by atoms with Crippen molar-refractivity contribution in [3.05, 3.63) is 29.3 Å². The Kier molecular flexibility index (Phi) is 4.35. The van der Waals surface area contributed by atoms with Gasteiger partial charge in [0.2, 0.25) is 0 Å². The van der Waals surface area contributed by atoms with Crippen LogP contribution in [0.2, 0.25) is 0 Å². The quantitative estimate of drug-likeness (QED) is 0.578. The van der Waals surface area contributed by atoms with E-state index in [-0.39, 0.29) is 0 Å². The Morgan fingerprint density at radius 3 is 2.16 bits per heavy atom. The van der Waals surface area contributed by atoms with Crippen LogP contribution in [-0.4, -0.2) is 24.5 Å². The van der Waals surface area contributed by atoms with Gasteiger partial charge in [-0.05, 0) is 57.9 Å². The number of carbonyl (C=O) groups excluding carboxylic acids is 2. The topological polar surface area (TPSA) is 46.6 Å². The van der Waals surface area contributed by atoms with Crippen molar-refractivity contribution in [1.82, 2.24) is 0 Å². The smallest absolute Gasteiger partial charge is 0.397 e. The minimum atomic E-state index is -0.840. The molecule has 1 amide bonds. The molecule has 1 aromatic rings. The van der Waals surface area contributed by atoms with Crippen LogP contribution in [0.3, 0.4) is 0 Å². The highest BCUT2D eigenvalue weighted by molar-refractivity contribution is 6.38. The third-order valence-corrected chi connectivity index (χ3v) is 2.76. The number of anilines is 1. The average Bonchev–Trinajstić information content (AvgIpc) is 2.28. The van der Waals surface area contributed by atoms with Crippen LogP contribution in [0.5, 0.6) is 0 Å². The van der Waals surface area contributed by atoms with E-state index >= 15 is 0 Å². The van der Waals surface area contributed by atoms with Crippen molar-refractivity contribution in [1.29, 1.82) is 0 Å². The lowest BCUT2D eigenvalue weighted by Crippen LogP contribution is -2.38. The lowest BCUT2D eigenvalue weighted by Gasteiger charge is -2.22. The zero-order valence-corrected chi connectivity index (χ0v) is 12.4. The summed E-state index contributed by atoms with van der Waals surface area (Å²) < 4.78 is 5.07. The predicted octanol–water partition coefficient (Wildman–Crippen LogP) is 2.61. The first-order chi connectivity index (χ1) is 8.61. The fourth-order valence-corrected chi connectivity index (χ4v) is 1.51. The molecule has 1 rings (SSSR count). The third-order valence-electron chi connectivity index (χ3n) is 2.76. The summed E-state index contributed by atoms with van der Waals surface area (Å²) in [7, 11) is 1.57. The highest BCUT2D eigenvalue weighted by atomic mass is 16.6. The van der Waals surface area contributed by atoms with Gasteiger partial charge in [-0.1, -0.05) is 6.07 Å². The van der Waals surface area contributed by atoms with Gasteiger partial charge in [0.1, 0.15) is 5.60 Å². The fourth-order valence-electron chi connectivity index (χ4n) is 1.51. The number of esters is 1. The summed E-state index contributed by atoms with van der Waals surface area (Å²) in [5, 5.41) is 0. The second-order valence-electron chi connectivity index (χ2n) is 5.63. The zero-order chi connectivity index (χ0) is 14.8. The number of hydrogen-bond donors (Lipinski definition) is 0. The third kappa shape index (κ3) is 4.09. The summed E-state index contributed by atoms with van der Waals surface area (Å²) in [6.45, 7) is 9.15. The Bertz CT molecular complexity index is 501. The fraction of sp³-hybridized carbons (Fsp3) is 0.467. The summed E-state index contributed by atoms with van der Waals surface area (Å²) in [6, 6.07) is 5.60. The van der Waals surface area contributed by atoms with E-state index in [0.29, 0.717) is 5.69 Å². The first-order valence-electron chi connectivity index (χ1n) is 6.20. The van der Waals surface area contributed by atoms with Crippen molar-refractivity contribution in [2.24, 2.45) is 0 Å². The van der Waals surface area contributed by atoms with Gasteiger partial charge in [-0.25, -0.2) is 4.79 Å². The molecule has 0 unspecified atom stereocenters. The van der Waals surface area contributed by atoms with E-state index in [1.165, 1.54) is 4.90 Å². The summed E-state index contributed by atoms with van der Waals surface area (Å²) in [4.78, 5) is 25.0. The van der Waals surface area contributed by atoms with Gasteiger partial charge in [0, 0.05) is 12.7 Å². The Labute approximate surface area is 114 Å². The number of likely N-dealkylation sites (N-methyl/N-ethyl adjacent to an activating group) is 1. The van der Waals surface area contributed by atoms with Crippen molar-refractivity contribution in [3.63, 3.8) is 0 Å². The molecule has 0 fully saturated rings. The summed E-state index contributed by atoms with van der Waals surface area (Å²) >= 11 is 0. The molecular formula is C15H21NO3. The van der Waals surface area contributed by atoms with Crippen molar-refractivity contribution in [2.75, 3.05) is 11.9 Å². The van der Waals surface area contributed by atoms with Crippen molar-refractivity contribution in [2.45, 2.75) is 40.2 Å². The number of hydrogen-bond acceptors (Lipinski definition) is 3. The molecule has 4 nitrogen and oxygen atoms in total. The molecule has 0 saturated heterocycles. The monoisotopic (exact) mass is 263 g/mol. The molecule has 1 aromatic carbocycles. The van der Waals surface area contributed by atoms with Crippen LogP contribution in [-0.2, 0) is 14.3 Å². The molecule has 4 heteroatoms. The number of benzene rings is 1. The van der Waals surface area contributed by atoms with Crippen LogP contribution in [0.4, 0.5) is 5.69 Å². The second-order valence-corrected chi connectivity index (χ2v) is 5.63. The number of carbonyl (C=O) groups is 2. The Balaban J connectivity index is 2.87. The number of amides is 1. The van der Waals surface area contributed by atoms with Crippen LogP contribution < -0.4 is 4.90 Å². The maximum Gasteiger partial charge on any atom is 0.397 e. The predicted molar refractivity (Wildman–Crippen MR) is 75.2 cm³/mol. The minimum Gasteiger partial charge on any atom is -0.453 e. The molecule has 0 bridgehead atoms. The van der Waals surface area contributed by atoms with Gasteiger partial charge in [-0.2, -0.15) is 0 Å². The molecular weight excluding hydrogens is 242 g/mol. The van der Waals surface area contributed by atoms with E-state index in [1.807, 2.05) is 32.0 Å². The molecule has 0 aromatic heterocycles. The van der Waals surface area contributed by atoms with E-state index in [4.69, 9.17) is 4.74 Å². The summed E-state index contributed by atoms with van der Waals surface area (Å²) in [6.07, 6.45) is 0. The number of nitrogens with zero attached hydrogens (tertiary/aromatic N) is 1. The molecule has 19 heavy (non-hydrogen) atoms. The van der Waals surface area contributed by atoms with E-state index in [0.717, 1.165) is 11.1 Å². The molecule has 0 atom stereocenters.